The molecule has 7 nitrogen and oxygen atoms in total. The molecule has 37 heavy (non-hydrogen) atoms. The summed E-state index contributed by atoms with van der Waals surface area (Å²) in [6.45, 7) is 1.27. The van der Waals surface area contributed by atoms with Gasteiger partial charge < -0.3 is 14.6 Å². The fraction of sp³-hybridized carbons (Fsp3) is 0.208. The van der Waals surface area contributed by atoms with Crippen molar-refractivity contribution in [2.45, 2.75) is 19.1 Å². The molecular weight excluding hydrogens is 556 g/mol. The van der Waals surface area contributed by atoms with Gasteiger partial charge in [0.15, 0.2) is 22.0 Å². The molecule has 2 heterocycles. The number of methoxy groups -OCH3 is 1. The molecule has 3 aromatic rings. The number of phenolic OH excluding ortho intramolecular Hbond substituents is 1. The van der Waals surface area contributed by atoms with Gasteiger partial charge in [-0.3, -0.25) is 9.36 Å². The summed E-state index contributed by atoms with van der Waals surface area (Å²) in [4.78, 5) is 29.8. The lowest BCUT2D eigenvalue weighted by molar-refractivity contribution is -0.140. The molecular formula is C24H17Cl2F3N2O5S. The predicted octanol–water partition coefficient (Wildman–Crippen LogP) is 4.36. The number of esters is 1. The number of halogens is 5. The first kappa shape index (κ1) is 26.8. The van der Waals surface area contributed by atoms with Gasteiger partial charge in [0.25, 0.3) is 5.56 Å². The summed E-state index contributed by atoms with van der Waals surface area (Å²) < 4.78 is 53.4. The van der Waals surface area contributed by atoms with Crippen molar-refractivity contribution in [3.05, 3.63) is 88.5 Å². The van der Waals surface area contributed by atoms with E-state index < -0.39 is 35.0 Å². The molecule has 1 aromatic heterocycles. The molecule has 0 unspecified atom stereocenters. The number of hydrogen-bond acceptors (Lipinski definition) is 7. The fourth-order valence-electron chi connectivity index (χ4n) is 3.78. The van der Waals surface area contributed by atoms with Gasteiger partial charge in [-0.05, 0) is 48.4 Å². The van der Waals surface area contributed by atoms with Gasteiger partial charge in [-0.25, -0.2) is 9.79 Å². The van der Waals surface area contributed by atoms with Gasteiger partial charge in [-0.1, -0.05) is 46.7 Å². The highest BCUT2D eigenvalue weighted by atomic mass is 35.5. The molecule has 13 heteroatoms. The largest absolute Gasteiger partial charge is 0.503 e. The summed E-state index contributed by atoms with van der Waals surface area (Å²) in [6, 6.07) is 7.01. The van der Waals surface area contributed by atoms with Crippen LogP contribution in [0.3, 0.4) is 0 Å². The number of benzene rings is 2. The van der Waals surface area contributed by atoms with Gasteiger partial charge in [0, 0.05) is 5.02 Å². The van der Waals surface area contributed by atoms with Crippen LogP contribution in [0.5, 0.6) is 11.5 Å². The van der Waals surface area contributed by atoms with E-state index in [4.69, 9.17) is 32.7 Å². The monoisotopic (exact) mass is 572 g/mol. The number of aromatic nitrogens is 1. The van der Waals surface area contributed by atoms with Crippen molar-refractivity contribution in [2.24, 2.45) is 4.99 Å². The number of fused-ring (bicyclic) bond motifs is 1. The van der Waals surface area contributed by atoms with Gasteiger partial charge in [0.1, 0.15) is 0 Å². The van der Waals surface area contributed by atoms with Crippen LogP contribution in [-0.2, 0) is 9.53 Å². The van der Waals surface area contributed by atoms with E-state index in [2.05, 4.69) is 4.99 Å². The SMILES string of the molecule is CCOC(=O)C1=C(C(F)(F)F)N=c2s/c(=C\c3cc(Cl)c(O)c(OC)c3)c(=O)n2[C@@H]1c1ccc(Cl)cc1. The zero-order chi connectivity index (χ0) is 27.1. The normalized spacial score (nSPS) is 15.9. The minimum absolute atomic E-state index is 0.00755. The third-order valence-corrected chi connectivity index (χ3v) is 6.87. The molecule has 0 aliphatic carbocycles. The van der Waals surface area contributed by atoms with Crippen molar-refractivity contribution < 1.29 is 32.5 Å². The Hall–Kier alpha value is -3.28. The van der Waals surface area contributed by atoms with Crippen LogP contribution in [0.25, 0.3) is 6.08 Å². The Morgan fingerprint density at radius 1 is 1.24 bits per heavy atom. The molecule has 0 saturated carbocycles. The number of allylic oxidation sites excluding steroid dienone is 1. The van der Waals surface area contributed by atoms with E-state index in [1.54, 1.807) is 0 Å². The Morgan fingerprint density at radius 2 is 1.92 bits per heavy atom. The number of alkyl halides is 3. The topological polar surface area (TPSA) is 90.1 Å². The van der Waals surface area contributed by atoms with Gasteiger partial charge in [-0.15, -0.1) is 0 Å². The van der Waals surface area contributed by atoms with E-state index >= 15 is 0 Å². The number of thiazole rings is 1. The third-order valence-electron chi connectivity index (χ3n) is 5.35. The van der Waals surface area contributed by atoms with Gasteiger partial charge in [0.05, 0.1) is 34.9 Å². The maximum Gasteiger partial charge on any atom is 0.434 e. The van der Waals surface area contributed by atoms with Gasteiger partial charge >= 0.3 is 12.1 Å². The quantitative estimate of drug-likeness (QED) is 0.459. The number of nitrogens with zero attached hydrogens (tertiary/aromatic N) is 2. The first-order valence-corrected chi connectivity index (χ1v) is 12.2. The molecule has 194 valence electrons. The number of carbonyl (C=O) groups excluding carboxylic acids is 1. The summed E-state index contributed by atoms with van der Waals surface area (Å²) in [5.41, 5.74) is -2.42. The number of ether oxygens (including phenoxy) is 2. The number of aromatic hydroxyl groups is 1. The predicted molar refractivity (Wildman–Crippen MR) is 132 cm³/mol. The second kappa shape index (κ2) is 10.2. The molecule has 1 aliphatic rings. The van der Waals surface area contributed by atoms with Crippen LogP contribution in [0.2, 0.25) is 10.0 Å². The van der Waals surface area contributed by atoms with Crippen LogP contribution >= 0.6 is 34.5 Å². The van der Waals surface area contributed by atoms with Crippen molar-refractivity contribution in [2.75, 3.05) is 13.7 Å². The molecule has 2 aromatic carbocycles. The van der Waals surface area contributed by atoms with Crippen LogP contribution in [0, 0.1) is 0 Å². The molecule has 1 atom stereocenters. The molecule has 0 saturated heterocycles. The molecule has 0 amide bonds. The maximum absolute atomic E-state index is 14.1. The van der Waals surface area contributed by atoms with Crippen LogP contribution in [0.4, 0.5) is 13.2 Å². The van der Waals surface area contributed by atoms with E-state index in [9.17, 15) is 27.9 Å². The average Bonchev–Trinajstić information content (AvgIpc) is 3.15. The molecule has 0 spiro atoms. The second-order valence-corrected chi connectivity index (χ2v) is 9.52. The summed E-state index contributed by atoms with van der Waals surface area (Å²) in [5.74, 6) is -1.52. The molecule has 4 rings (SSSR count). The highest BCUT2D eigenvalue weighted by Gasteiger charge is 2.45. The second-order valence-electron chi connectivity index (χ2n) is 7.67. The van der Waals surface area contributed by atoms with E-state index in [1.165, 1.54) is 56.5 Å². The first-order chi connectivity index (χ1) is 17.5. The lowest BCUT2D eigenvalue weighted by Gasteiger charge is -2.26. The minimum atomic E-state index is -5.01. The summed E-state index contributed by atoms with van der Waals surface area (Å²) in [7, 11) is 1.31. The van der Waals surface area contributed by atoms with E-state index in [1.807, 2.05) is 0 Å². The lowest BCUT2D eigenvalue weighted by Crippen LogP contribution is -2.41. The van der Waals surface area contributed by atoms with Gasteiger partial charge in [-0.2, -0.15) is 13.2 Å². The maximum atomic E-state index is 14.1. The summed E-state index contributed by atoms with van der Waals surface area (Å²) >= 11 is 12.7. The minimum Gasteiger partial charge on any atom is -0.503 e. The Kier molecular flexibility index (Phi) is 7.40. The van der Waals surface area contributed by atoms with Crippen LogP contribution in [-0.4, -0.2) is 35.5 Å². The Labute approximate surface area is 221 Å². The third kappa shape index (κ3) is 5.11. The van der Waals surface area contributed by atoms with Crippen molar-refractivity contribution in [1.29, 1.82) is 0 Å². The van der Waals surface area contributed by atoms with Crippen molar-refractivity contribution in [1.82, 2.24) is 4.57 Å². The standard InChI is InChI=1S/C24H17Cl2F3N2O5S/c1-3-36-22(34)17-18(12-4-6-13(25)7-5-12)31-21(33)16(37-23(31)30-20(17)24(27,28)29)10-11-8-14(26)19(32)15(9-11)35-2/h4-10,18,32H,3H2,1-2H3/b16-10-/t18-/m1/s1. The van der Waals surface area contributed by atoms with Crippen LogP contribution < -0.4 is 19.6 Å². The zero-order valence-corrected chi connectivity index (χ0v) is 21.4. The van der Waals surface area contributed by atoms with Crippen LogP contribution in [0.15, 0.2) is 57.5 Å². The molecule has 0 fully saturated rings. The van der Waals surface area contributed by atoms with E-state index in [0.29, 0.717) is 21.9 Å². The fourth-order valence-corrected chi connectivity index (χ4v) is 5.13. The molecule has 0 radical (unpaired) electrons. The Morgan fingerprint density at radius 3 is 2.51 bits per heavy atom. The Balaban J connectivity index is 2.04. The molecule has 0 bridgehead atoms. The highest BCUT2D eigenvalue weighted by Crippen LogP contribution is 2.39. The first-order valence-electron chi connectivity index (χ1n) is 10.6. The average molecular weight is 573 g/mol. The van der Waals surface area contributed by atoms with Crippen LogP contribution in [0.1, 0.15) is 24.1 Å². The number of rotatable bonds is 5. The smallest absolute Gasteiger partial charge is 0.434 e. The summed E-state index contributed by atoms with van der Waals surface area (Å²) in [5, 5.41) is 10.2. The van der Waals surface area contributed by atoms with Crippen molar-refractivity contribution >= 4 is 46.6 Å². The zero-order valence-electron chi connectivity index (χ0n) is 19.1. The molecule has 1 N–H and O–H groups in total. The molecule has 1 aliphatic heterocycles. The number of hydrogen-bond donors (Lipinski definition) is 1. The van der Waals surface area contributed by atoms with Crippen molar-refractivity contribution in [3.63, 3.8) is 0 Å². The van der Waals surface area contributed by atoms with E-state index in [-0.39, 0.29) is 38.0 Å². The number of phenols is 1. The Bertz CT molecular complexity index is 1590. The van der Waals surface area contributed by atoms with Crippen molar-refractivity contribution in [3.8, 4) is 11.5 Å². The van der Waals surface area contributed by atoms with Gasteiger partial charge in [0.2, 0.25) is 0 Å². The summed E-state index contributed by atoms with van der Waals surface area (Å²) in [6.07, 6.45) is -3.64. The van der Waals surface area contributed by atoms with E-state index in [0.717, 1.165) is 4.57 Å². The number of carbonyl (C=O) groups is 1. The highest BCUT2D eigenvalue weighted by molar-refractivity contribution is 7.07. The lowest BCUT2D eigenvalue weighted by atomic mass is 9.95.